The Hall–Kier alpha value is -3.12. The Morgan fingerprint density at radius 1 is 0.931 bits per heavy atom. The Morgan fingerprint density at radius 3 is 2.48 bits per heavy atom. The van der Waals surface area contributed by atoms with Gasteiger partial charge in [-0.25, -0.2) is 9.97 Å². The molecule has 142 valence electrons. The first-order valence-corrected chi connectivity index (χ1v) is 10.9. The predicted molar refractivity (Wildman–Crippen MR) is 120 cm³/mol. The molecule has 0 radical (unpaired) electrons. The van der Waals surface area contributed by atoms with Crippen LogP contribution >= 0.6 is 17.2 Å². The van der Waals surface area contributed by atoms with Crippen LogP contribution in [-0.2, 0) is 9.59 Å². The quantitative estimate of drug-likeness (QED) is 0.296. The molecular weight excluding hydrogens is 402 g/mol. The molecule has 29 heavy (non-hydrogen) atoms. The van der Waals surface area contributed by atoms with Crippen molar-refractivity contribution in [2.75, 3.05) is 0 Å². The second-order valence-electron chi connectivity index (χ2n) is 6.24. The van der Waals surface area contributed by atoms with Crippen molar-refractivity contribution in [1.82, 2.24) is 19.9 Å². The van der Waals surface area contributed by atoms with Gasteiger partial charge in [0.2, 0.25) is 0 Å². The molecule has 0 aliphatic carbocycles. The number of hydrogen-bond acceptors (Lipinski definition) is 4. The molecular formula is C21H16N4O2P2. The molecule has 8 heteroatoms. The van der Waals surface area contributed by atoms with Gasteiger partial charge in [0, 0.05) is 28.3 Å². The molecule has 2 unspecified atom stereocenters. The zero-order valence-corrected chi connectivity index (χ0v) is 17.4. The highest BCUT2D eigenvalue weighted by Gasteiger charge is 2.09. The van der Waals surface area contributed by atoms with E-state index < -0.39 is 0 Å². The minimum absolute atomic E-state index is 0.0135. The summed E-state index contributed by atoms with van der Waals surface area (Å²) in [6.07, 6.45) is 3.41. The number of hydrogen-bond donors (Lipinski definition) is 2. The van der Waals surface area contributed by atoms with Gasteiger partial charge in [0.05, 0.1) is 18.1 Å². The Kier molecular flexibility index (Phi) is 5.62. The smallest absolute Gasteiger partial charge is 0.146 e. The average molecular weight is 418 g/mol. The van der Waals surface area contributed by atoms with Gasteiger partial charge in [-0.15, -0.1) is 0 Å². The van der Waals surface area contributed by atoms with Crippen LogP contribution in [0.25, 0.3) is 22.0 Å². The molecule has 2 aromatic carbocycles. The Balaban J connectivity index is 1.64. The van der Waals surface area contributed by atoms with E-state index in [9.17, 15) is 9.59 Å². The number of fused-ring (bicyclic) bond motifs is 1. The zero-order valence-electron chi connectivity index (χ0n) is 15.4. The van der Waals surface area contributed by atoms with E-state index in [1.165, 1.54) is 0 Å². The summed E-state index contributed by atoms with van der Waals surface area (Å²) >= 11 is 0. The number of carbonyl (C=O) groups excluding carboxylic acids is 2. The van der Waals surface area contributed by atoms with Gasteiger partial charge in [0.1, 0.15) is 28.9 Å². The zero-order chi connectivity index (χ0) is 20.2. The molecule has 0 aliphatic rings. The number of imidazole rings is 2. The van der Waals surface area contributed by atoms with Crippen LogP contribution in [0, 0.1) is 18.8 Å². The number of aryl methyl sites for hydroxylation is 1. The van der Waals surface area contributed by atoms with Crippen LogP contribution in [0.3, 0.4) is 0 Å². The second kappa shape index (κ2) is 8.49. The van der Waals surface area contributed by atoms with Crippen LogP contribution < -0.4 is 11.1 Å². The Morgan fingerprint density at radius 2 is 1.69 bits per heavy atom. The molecule has 0 amide bonds. The van der Waals surface area contributed by atoms with Gasteiger partial charge in [-0.05, 0) is 41.3 Å². The van der Waals surface area contributed by atoms with E-state index >= 15 is 0 Å². The number of nitrogens with zero attached hydrogens (tertiary/aromatic N) is 2. The Labute approximate surface area is 170 Å². The van der Waals surface area contributed by atoms with Crippen LogP contribution in [-0.4, -0.2) is 32.0 Å². The molecule has 2 atom stereocenters. The number of rotatable bonds is 5. The highest BCUT2D eigenvalue weighted by atomic mass is 31.1. The minimum atomic E-state index is 0.0135. The number of nitrogens with one attached hydrogen (secondary N) is 2. The van der Waals surface area contributed by atoms with E-state index in [1.54, 1.807) is 12.4 Å². The maximum atomic E-state index is 10.7. The van der Waals surface area contributed by atoms with Crippen molar-refractivity contribution < 1.29 is 9.59 Å². The molecule has 0 saturated heterocycles. The van der Waals surface area contributed by atoms with Crippen molar-refractivity contribution in [3.8, 4) is 23.1 Å². The largest absolute Gasteiger partial charge is 0.338 e. The standard InChI is InChI=1S/C21H16N4O2P2/c1-13-17-6-3-14(2-5-16-9-22-20(24-16)28-11-26)8-15(17)4-7-18(13)19-10-23-21(25-19)29-12-27/h3-4,6-12,28-29H,1H3,(H,22,24)(H,23,25). The molecule has 0 spiro atoms. The number of aromatic amines is 2. The van der Waals surface area contributed by atoms with E-state index in [1.807, 2.05) is 6.07 Å². The fraction of sp³-hybridized carbons (Fsp3) is 0.0476. The summed E-state index contributed by atoms with van der Waals surface area (Å²) in [6, 6.07) is 11.9. The lowest BCUT2D eigenvalue weighted by molar-refractivity contribution is 0.569. The number of carbonyl (C=O) groups is 2. The molecule has 2 heterocycles. The molecule has 2 N–H and O–H groups in total. The van der Waals surface area contributed by atoms with E-state index in [0.717, 1.165) is 45.2 Å². The number of benzene rings is 2. The van der Waals surface area contributed by atoms with Gasteiger partial charge in [0.25, 0.3) is 0 Å². The molecule has 0 bridgehead atoms. The summed E-state index contributed by atoms with van der Waals surface area (Å²) in [5, 5.41) is 2.23. The highest BCUT2D eigenvalue weighted by molar-refractivity contribution is 7.62. The van der Waals surface area contributed by atoms with Crippen molar-refractivity contribution >= 4 is 51.1 Å². The third kappa shape index (κ3) is 4.17. The van der Waals surface area contributed by atoms with Crippen LogP contribution in [0.5, 0.6) is 0 Å². The van der Waals surface area contributed by atoms with Gasteiger partial charge in [-0.1, -0.05) is 24.1 Å². The van der Waals surface area contributed by atoms with Gasteiger partial charge < -0.3 is 9.97 Å². The van der Waals surface area contributed by atoms with Crippen molar-refractivity contribution in [3.63, 3.8) is 0 Å². The first kappa shape index (κ1) is 19.2. The fourth-order valence-corrected chi connectivity index (χ4v) is 4.01. The molecule has 4 rings (SSSR count). The van der Waals surface area contributed by atoms with Gasteiger partial charge in [-0.2, -0.15) is 0 Å². The van der Waals surface area contributed by atoms with Crippen LogP contribution in [0.4, 0.5) is 0 Å². The third-order valence-electron chi connectivity index (χ3n) is 4.46. The molecule has 0 aliphatic heterocycles. The first-order valence-electron chi connectivity index (χ1n) is 8.74. The molecule has 4 aromatic rings. The number of H-pyrrole nitrogens is 2. The molecule has 2 aromatic heterocycles. The van der Waals surface area contributed by atoms with Crippen LogP contribution in [0.2, 0.25) is 0 Å². The molecule has 0 fully saturated rings. The van der Waals surface area contributed by atoms with Gasteiger partial charge in [0.15, 0.2) is 0 Å². The average Bonchev–Trinajstić information content (AvgIpc) is 3.37. The lowest BCUT2D eigenvalue weighted by Crippen LogP contribution is -1.98. The van der Waals surface area contributed by atoms with Crippen LogP contribution in [0.15, 0.2) is 42.7 Å². The predicted octanol–water partition coefficient (Wildman–Crippen LogP) is 2.65. The van der Waals surface area contributed by atoms with Crippen molar-refractivity contribution in [1.29, 1.82) is 0 Å². The number of aromatic nitrogens is 4. The Bertz CT molecular complexity index is 1280. The maximum absolute atomic E-state index is 10.7. The van der Waals surface area contributed by atoms with Crippen molar-refractivity contribution in [3.05, 3.63) is 59.5 Å². The topological polar surface area (TPSA) is 91.5 Å². The SMILES string of the molecule is Cc1c(-c2cnc(PC=O)[nH]2)ccc2cc(C#Cc3cnc(PC=O)[nH]3)ccc12. The summed E-state index contributed by atoms with van der Waals surface area (Å²) < 4.78 is 0. The van der Waals surface area contributed by atoms with Crippen LogP contribution in [0.1, 0.15) is 16.8 Å². The lowest BCUT2D eigenvalue weighted by atomic mass is 9.97. The summed E-state index contributed by atoms with van der Waals surface area (Å²) in [5.41, 5.74) is 6.02. The second-order valence-corrected chi connectivity index (χ2v) is 8.24. The summed E-state index contributed by atoms with van der Waals surface area (Å²) in [7, 11) is 0.0453. The van der Waals surface area contributed by atoms with Crippen molar-refractivity contribution in [2.45, 2.75) is 6.92 Å². The normalized spacial score (nSPS) is 11.3. The maximum Gasteiger partial charge on any atom is 0.146 e. The third-order valence-corrected chi connectivity index (χ3v) is 5.75. The van der Waals surface area contributed by atoms with E-state index in [2.05, 4.69) is 63.0 Å². The van der Waals surface area contributed by atoms with Crippen molar-refractivity contribution in [2.24, 2.45) is 0 Å². The van der Waals surface area contributed by atoms with E-state index in [4.69, 9.17) is 0 Å². The molecule has 0 saturated carbocycles. The highest BCUT2D eigenvalue weighted by Crippen LogP contribution is 2.29. The summed E-state index contributed by atoms with van der Waals surface area (Å²) in [4.78, 5) is 35.9. The van der Waals surface area contributed by atoms with E-state index in [0.29, 0.717) is 16.8 Å². The van der Waals surface area contributed by atoms with E-state index in [-0.39, 0.29) is 17.2 Å². The summed E-state index contributed by atoms with van der Waals surface area (Å²) in [6.45, 7) is 2.07. The first-order chi connectivity index (χ1) is 14.2. The van der Waals surface area contributed by atoms with Gasteiger partial charge >= 0.3 is 0 Å². The lowest BCUT2D eigenvalue weighted by Gasteiger charge is -2.08. The van der Waals surface area contributed by atoms with Gasteiger partial charge in [-0.3, -0.25) is 9.59 Å². The summed E-state index contributed by atoms with van der Waals surface area (Å²) in [5.74, 6) is 6.19. The minimum Gasteiger partial charge on any atom is -0.338 e. The fourth-order valence-electron chi connectivity index (χ4n) is 3.10. The molecule has 6 nitrogen and oxygen atoms in total. The monoisotopic (exact) mass is 418 g/mol.